The Labute approximate surface area is 105 Å². The van der Waals surface area contributed by atoms with Gasteiger partial charge in [0, 0.05) is 18.5 Å². The first-order chi connectivity index (χ1) is 8.85. The zero-order valence-corrected chi connectivity index (χ0v) is 10.5. The number of aromatic nitrogens is 4. The van der Waals surface area contributed by atoms with Crippen LogP contribution in [0.3, 0.4) is 0 Å². The van der Waals surface area contributed by atoms with E-state index in [1.807, 2.05) is 16.5 Å². The molecule has 0 fully saturated rings. The maximum atomic E-state index is 4.62. The first-order valence-electron chi connectivity index (χ1n) is 6.18. The van der Waals surface area contributed by atoms with Gasteiger partial charge in [-0.1, -0.05) is 12.1 Å². The van der Waals surface area contributed by atoms with Crippen molar-refractivity contribution < 1.29 is 0 Å². The molecular formula is C13H15N5. The number of nitrogens with zero attached hydrogens (tertiary/aromatic N) is 5. The molecule has 5 heteroatoms. The smallest absolute Gasteiger partial charge is 0.257 e. The van der Waals surface area contributed by atoms with Gasteiger partial charge in [0.1, 0.15) is 12.1 Å². The largest absolute Gasteiger partial charge is 0.356 e. The van der Waals surface area contributed by atoms with E-state index < -0.39 is 0 Å². The number of fused-ring (bicyclic) bond motifs is 3. The lowest BCUT2D eigenvalue weighted by Gasteiger charge is -2.21. The Hall–Kier alpha value is -2.17. The molecule has 0 saturated carbocycles. The molecule has 0 aliphatic rings. The van der Waals surface area contributed by atoms with Crippen molar-refractivity contribution >= 4 is 22.5 Å². The zero-order valence-electron chi connectivity index (χ0n) is 10.5. The summed E-state index contributed by atoms with van der Waals surface area (Å²) in [5.41, 5.74) is 1.09. The molecule has 18 heavy (non-hydrogen) atoms. The van der Waals surface area contributed by atoms with E-state index >= 15 is 0 Å². The predicted molar refractivity (Wildman–Crippen MR) is 71.8 cm³/mol. The minimum absolute atomic E-state index is 0.649. The third-order valence-corrected chi connectivity index (χ3v) is 3.20. The van der Waals surface area contributed by atoms with Crippen LogP contribution in [0.15, 0.2) is 30.6 Å². The van der Waals surface area contributed by atoms with Crippen LogP contribution in [0.5, 0.6) is 0 Å². The van der Waals surface area contributed by atoms with E-state index in [2.05, 4.69) is 46.1 Å². The Balaban J connectivity index is 2.40. The standard InChI is InChI=1S/C13H15N5/c1-3-17(4-2)12-10-7-5-6-8-11(10)18-9-14-16-13(18)15-12/h5-9H,3-4H2,1-2H3. The van der Waals surface area contributed by atoms with Gasteiger partial charge in [0.05, 0.1) is 5.52 Å². The Morgan fingerprint density at radius 2 is 1.94 bits per heavy atom. The van der Waals surface area contributed by atoms with Crippen LogP contribution in [-0.4, -0.2) is 32.7 Å². The average molecular weight is 241 g/mol. The van der Waals surface area contributed by atoms with Crippen LogP contribution >= 0.6 is 0 Å². The van der Waals surface area contributed by atoms with Gasteiger partial charge in [0.25, 0.3) is 5.78 Å². The summed E-state index contributed by atoms with van der Waals surface area (Å²) in [6.07, 6.45) is 1.71. The third kappa shape index (κ3) is 1.51. The van der Waals surface area contributed by atoms with Crippen molar-refractivity contribution in [3.63, 3.8) is 0 Å². The fraction of sp³-hybridized carbons (Fsp3) is 0.308. The summed E-state index contributed by atoms with van der Waals surface area (Å²) in [4.78, 5) is 6.85. The summed E-state index contributed by atoms with van der Waals surface area (Å²) < 4.78 is 1.92. The van der Waals surface area contributed by atoms with Crippen molar-refractivity contribution in [2.75, 3.05) is 18.0 Å². The van der Waals surface area contributed by atoms with E-state index in [9.17, 15) is 0 Å². The normalized spacial score (nSPS) is 11.2. The molecule has 92 valence electrons. The summed E-state index contributed by atoms with van der Waals surface area (Å²) in [5, 5.41) is 9.12. The lowest BCUT2D eigenvalue weighted by molar-refractivity contribution is 0.850. The minimum Gasteiger partial charge on any atom is -0.356 e. The summed E-state index contributed by atoms with van der Waals surface area (Å²) in [6, 6.07) is 8.22. The molecule has 0 unspecified atom stereocenters. The van der Waals surface area contributed by atoms with Crippen molar-refractivity contribution in [2.45, 2.75) is 13.8 Å². The van der Waals surface area contributed by atoms with Gasteiger partial charge in [-0.15, -0.1) is 10.2 Å². The number of para-hydroxylation sites is 1. The number of anilines is 1. The molecular weight excluding hydrogens is 226 g/mol. The molecule has 0 amide bonds. The molecule has 3 aromatic rings. The monoisotopic (exact) mass is 241 g/mol. The molecule has 2 heterocycles. The molecule has 0 aliphatic carbocycles. The van der Waals surface area contributed by atoms with E-state index in [0.717, 1.165) is 29.8 Å². The van der Waals surface area contributed by atoms with Gasteiger partial charge in [0.15, 0.2) is 0 Å². The van der Waals surface area contributed by atoms with Crippen molar-refractivity contribution in [1.29, 1.82) is 0 Å². The highest BCUT2D eigenvalue weighted by molar-refractivity contribution is 5.91. The summed E-state index contributed by atoms with van der Waals surface area (Å²) in [5.74, 6) is 1.63. The van der Waals surface area contributed by atoms with E-state index in [0.29, 0.717) is 5.78 Å². The SMILES string of the molecule is CCN(CC)c1nc2nncn2c2ccccc12. The fourth-order valence-corrected chi connectivity index (χ4v) is 2.27. The van der Waals surface area contributed by atoms with Crippen LogP contribution in [0.25, 0.3) is 16.7 Å². The van der Waals surface area contributed by atoms with Crippen LogP contribution < -0.4 is 4.90 Å². The molecule has 5 nitrogen and oxygen atoms in total. The Morgan fingerprint density at radius 3 is 2.72 bits per heavy atom. The molecule has 0 spiro atoms. The zero-order chi connectivity index (χ0) is 12.5. The van der Waals surface area contributed by atoms with E-state index in [4.69, 9.17) is 0 Å². The van der Waals surface area contributed by atoms with Gasteiger partial charge in [-0.25, -0.2) is 0 Å². The van der Waals surface area contributed by atoms with Crippen molar-refractivity contribution in [2.24, 2.45) is 0 Å². The van der Waals surface area contributed by atoms with Crippen LogP contribution in [0.4, 0.5) is 5.82 Å². The van der Waals surface area contributed by atoms with Gasteiger partial charge in [-0.05, 0) is 26.0 Å². The lowest BCUT2D eigenvalue weighted by atomic mass is 10.2. The van der Waals surface area contributed by atoms with Crippen molar-refractivity contribution in [1.82, 2.24) is 19.6 Å². The Kier molecular flexibility index (Phi) is 2.59. The maximum absolute atomic E-state index is 4.62. The lowest BCUT2D eigenvalue weighted by Crippen LogP contribution is -2.23. The van der Waals surface area contributed by atoms with Crippen LogP contribution in [0, 0.1) is 0 Å². The quantitative estimate of drug-likeness (QED) is 0.704. The number of rotatable bonds is 3. The first-order valence-corrected chi connectivity index (χ1v) is 6.18. The third-order valence-electron chi connectivity index (χ3n) is 3.20. The molecule has 0 aliphatic heterocycles. The highest BCUT2D eigenvalue weighted by Crippen LogP contribution is 2.25. The minimum atomic E-state index is 0.649. The van der Waals surface area contributed by atoms with Crippen molar-refractivity contribution in [3.8, 4) is 0 Å². The van der Waals surface area contributed by atoms with Crippen molar-refractivity contribution in [3.05, 3.63) is 30.6 Å². The summed E-state index contributed by atoms with van der Waals surface area (Å²) >= 11 is 0. The summed E-state index contributed by atoms with van der Waals surface area (Å²) in [6.45, 7) is 6.12. The number of hydrogen-bond donors (Lipinski definition) is 0. The Bertz CT molecular complexity index is 684. The highest BCUT2D eigenvalue weighted by atomic mass is 15.3. The molecule has 0 bridgehead atoms. The first kappa shape index (κ1) is 11.0. The van der Waals surface area contributed by atoms with Crippen LogP contribution in [0.2, 0.25) is 0 Å². The van der Waals surface area contributed by atoms with Crippen LogP contribution in [-0.2, 0) is 0 Å². The fourth-order valence-electron chi connectivity index (χ4n) is 2.27. The maximum Gasteiger partial charge on any atom is 0.257 e. The molecule has 3 rings (SSSR count). The predicted octanol–water partition coefficient (Wildman–Crippen LogP) is 2.12. The highest BCUT2D eigenvalue weighted by Gasteiger charge is 2.12. The molecule has 2 aromatic heterocycles. The second-order valence-corrected chi connectivity index (χ2v) is 4.13. The average Bonchev–Trinajstić information content (AvgIpc) is 2.88. The van der Waals surface area contributed by atoms with Crippen LogP contribution in [0.1, 0.15) is 13.8 Å². The van der Waals surface area contributed by atoms with Gasteiger partial charge in [0.2, 0.25) is 0 Å². The topological polar surface area (TPSA) is 46.3 Å². The second-order valence-electron chi connectivity index (χ2n) is 4.13. The molecule has 0 saturated heterocycles. The molecule has 1 aromatic carbocycles. The number of hydrogen-bond acceptors (Lipinski definition) is 4. The van der Waals surface area contributed by atoms with E-state index in [-0.39, 0.29) is 0 Å². The van der Waals surface area contributed by atoms with Gasteiger partial charge in [-0.2, -0.15) is 4.98 Å². The molecule has 0 atom stereocenters. The second kappa shape index (κ2) is 4.25. The van der Waals surface area contributed by atoms with Gasteiger partial charge < -0.3 is 4.90 Å². The van der Waals surface area contributed by atoms with E-state index in [1.54, 1.807) is 6.33 Å². The van der Waals surface area contributed by atoms with Gasteiger partial charge in [-0.3, -0.25) is 4.40 Å². The summed E-state index contributed by atoms with van der Waals surface area (Å²) in [7, 11) is 0. The molecule has 0 radical (unpaired) electrons. The Morgan fingerprint density at radius 1 is 1.17 bits per heavy atom. The number of benzene rings is 1. The van der Waals surface area contributed by atoms with E-state index in [1.165, 1.54) is 0 Å². The molecule has 0 N–H and O–H groups in total. The van der Waals surface area contributed by atoms with Gasteiger partial charge >= 0.3 is 0 Å².